The molecule has 1 aromatic carbocycles. The Kier molecular flexibility index (Phi) is 3.74. The normalized spacial score (nSPS) is 24.3. The van der Waals surface area contributed by atoms with E-state index in [0.717, 1.165) is 25.3 Å². The number of hydrogen-bond donors (Lipinski definition) is 1. The Morgan fingerprint density at radius 3 is 2.77 bits per heavy atom. The molecule has 3 heterocycles. The summed E-state index contributed by atoms with van der Waals surface area (Å²) in [5.41, 5.74) is 6.21. The molecule has 4 rings (SSSR count). The summed E-state index contributed by atoms with van der Waals surface area (Å²) in [6.45, 7) is 7.98. The summed E-state index contributed by atoms with van der Waals surface area (Å²) in [5, 5.41) is 2.27. The minimum absolute atomic E-state index is 0.103. The van der Waals surface area contributed by atoms with Gasteiger partial charge in [-0.1, -0.05) is 6.92 Å². The van der Waals surface area contributed by atoms with Gasteiger partial charge in [-0.2, -0.15) is 0 Å². The van der Waals surface area contributed by atoms with Crippen LogP contribution in [0.15, 0.2) is 18.2 Å². The molecule has 4 nitrogen and oxygen atoms in total. The van der Waals surface area contributed by atoms with Crippen molar-refractivity contribution in [2.75, 3.05) is 37.7 Å². The molecule has 0 bridgehead atoms. The van der Waals surface area contributed by atoms with Gasteiger partial charge in [-0.25, -0.2) is 5.43 Å². The molecule has 120 valence electrons. The number of nitrogens with one attached hydrogen (secondary N) is 1. The van der Waals surface area contributed by atoms with Crippen molar-refractivity contribution in [2.24, 2.45) is 0 Å². The molecule has 0 unspecified atom stereocenters. The molecule has 0 radical (unpaired) electrons. The number of likely N-dealkylation sites (tertiary alicyclic amines) is 1. The maximum atomic E-state index is 6.51. The van der Waals surface area contributed by atoms with E-state index >= 15 is 0 Å². The lowest BCUT2D eigenvalue weighted by Crippen LogP contribution is -2.49. The van der Waals surface area contributed by atoms with Crippen LogP contribution in [0, 0.1) is 0 Å². The van der Waals surface area contributed by atoms with E-state index in [1.54, 1.807) is 0 Å². The number of hydrazine groups is 1. The Bertz CT molecular complexity index is 531. The summed E-state index contributed by atoms with van der Waals surface area (Å²) in [6, 6.07) is 6.72. The van der Waals surface area contributed by atoms with Gasteiger partial charge >= 0.3 is 0 Å². The van der Waals surface area contributed by atoms with Crippen LogP contribution in [-0.4, -0.2) is 43.2 Å². The minimum atomic E-state index is 0.103. The molecule has 2 saturated heterocycles. The molecule has 1 spiro atoms. The molecule has 1 N–H and O–H groups in total. The first-order chi connectivity index (χ1) is 10.8. The van der Waals surface area contributed by atoms with Crippen LogP contribution in [0.25, 0.3) is 0 Å². The zero-order chi connectivity index (χ0) is 15.0. The molecule has 3 aliphatic rings. The molecule has 0 amide bonds. The Labute approximate surface area is 133 Å². The Balaban J connectivity index is 1.50. The number of anilines is 1. The van der Waals surface area contributed by atoms with Gasteiger partial charge in [-0.15, -0.1) is 0 Å². The monoisotopic (exact) mass is 301 g/mol. The van der Waals surface area contributed by atoms with Gasteiger partial charge in [-0.3, -0.25) is 0 Å². The smallest absolute Gasteiger partial charge is 0.123 e. The van der Waals surface area contributed by atoms with Crippen LogP contribution in [0.4, 0.5) is 5.69 Å². The van der Waals surface area contributed by atoms with Crippen molar-refractivity contribution < 1.29 is 4.74 Å². The highest BCUT2D eigenvalue weighted by atomic mass is 16.5. The number of fused-ring (bicyclic) bond motifs is 1. The lowest BCUT2D eigenvalue weighted by atomic mass is 9.83. The fourth-order valence-electron chi connectivity index (χ4n) is 4.05. The van der Waals surface area contributed by atoms with E-state index in [-0.39, 0.29) is 5.60 Å². The van der Waals surface area contributed by atoms with E-state index in [1.165, 1.54) is 56.6 Å². The second-order valence-electron chi connectivity index (χ2n) is 6.92. The van der Waals surface area contributed by atoms with E-state index in [2.05, 4.69) is 40.5 Å². The maximum Gasteiger partial charge on any atom is 0.123 e. The van der Waals surface area contributed by atoms with Crippen LogP contribution in [0.3, 0.4) is 0 Å². The van der Waals surface area contributed by atoms with Crippen molar-refractivity contribution in [3.63, 3.8) is 0 Å². The summed E-state index contributed by atoms with van der Waals surface area (Å²) >= 11 is 0. The highest BCUT2D eigenvalue weighted by Crippen LogP contribution is 2.40. The van der Waals surface area contributed by atoms with Crippen LogP contribution in [0.2, 0.25) is 0 Å². The Hall–Kier alpha value is -1.26. The highest BCUT2D eigenvalue weighted by Gasteiger charge is 2.39. The zero-order valence-corrected chi connectivity index (χ0v) is 13.6. The SMILES string of the molecule is CCN1CCC2(CCc3cc(N4CCCN4)ccc3O2)CC1. The third-order valence-corrected chi connectivity index (χ3v) is 5.61. The first kappa shape index (κ1) is 14.3. The molecule has 1 aromatic rings. The van der Waals surface area contributed by atoms with Crippen molar-refractivity contribution in [3.8, 4) is 5.75 Å². The molecule has 0 aromatic heterocycles. The van der Waals surface area contributed by atoms with Gasteiger partial charge in [0.05, 0.1) is 5.69 Å². The summed E-state index contributed by atoms with van der Waals surface area (Å²) in [6.07, 6.45) is 5.91. The third-order valence-electron chi connectivity index (χ3n) is 5.61. The minimum Gasteiger partial charge on any atom is -0.487 e. The molecule has 3 aliphatic heterocycles. The molecule has 2 fully saturated rings. The number of ether oxygens (including phenoxy) is 1. The maximum absolute atomic E-state index is 6.51. The average Bonchev–Trinajstić information content (AvgIpc) is 3.10. The van der Waals surface area contributed by atoms with E-state index in [4.69, 9.17) is 4.74 Å². The summed E-state index contributed by atoms with van der Waals surface area (Å²) in [5.74, 6) is 1.12. The van der Waals surface area contributed by atoms with Gasteiger partial charge in [0, 0.05) is 26.2 Å². The van der Waals surface area contributed by atoms with Crippen molar-refractivity contribution in [1.82, 2.24) is 10.3 Å². The summed E-state index contributed by atoms with van der Waals surface area (Å²) in [7, 11) is 0. The van der Waals surface area contributed by atoms with Crippen molar-refractivity contribution in [1.29, 1.82) is 0 Å². The molecular weight excluding hydrogens is 274 g/mol. The molecule has 0 saturated carbocycles. The predicted molar refractivity (Wildman–Crippen MR) is 89.4 cm³/mol. The van der Waals surface area contributed by atoms with Gasteiger partial charge in [-0.05, 0) is 62.4 Å². The quantitative estimate of drug-likeness (QED) is 0.908. The summed E-state index contributed by atoms with van der Waals surface area (Å²) in [4.78, 5) is 2.53. The molecule has 0 aliphatic carbocycles. The third kappa shape index (κ3) is 2.59. The second kappa shape index (κ2) is 5.74. The van der Waals surface area contributed by atoms with Crippen molar-refractivity contribution >= 4 is 5.69 Å². The van der Waals surface area contributed by atoms with Crippen molar-refractivity contribution in [2.45, 2.75) is 44.6 Å². The highest BCUT2D eigenvalue weighted by molar-refractivity contribution is 5.53. The Morgan fingerprint density at radius 2 is 2.05 bits per heavy atom. The van der Waals surface area contributed by atoms with Gasteiger partial charge in [0.2, 0.25) is 0 Å². The van der Waals surface area contributed by atoms with Gasteiger partial charge < -0.3 is 14.6 Å². The number of hydrogen-bond acceptors (Lipinski definition) is 4. The molecule has 0 atom stereocenters. The fraction of sp³-hybridized carbons (Fsp3) is 0.667. The van der Waals surface area contributed by atoms with Crippen LogP contribution >= 0.6 is 0 Å². The zero-order valence-electron chi connectivity index (χ0n) is 13.6. The average molecular weight is 301 g/mol. The standard InChI is InChI=1S/C18H27N3O/c1-2-20-12-8-18(9-13-20)7-6-15-14-16(4-5-17(15)22-18)21-11-3-10-19-21/h4-5,14,19H,2-3,6-13H2,1H3. The van der Waals surface area contributed by atoms with E-state index < -0.39 is 0 Å². The lowest BCUT2D eigenvalue weighted by Gasteiger charge is -2.44. The van der Waals surface area contributed by atoms with Gasteiger partial charge in [0.1, 0.15) is 11.4 Å². The van der Waals surface area contributed by atoms with E-state index in [9.17, 15) is 0 Å². The van der Waals surface area contributed by atoms with Gasteiger partial charge in [0.25, 0.3) is 0 Å². The van der Waals surface area contributed by atoms with Crippen LogP contribution in [0.1, 0.15) is 38.2 Å². The number of aryl methyl sites for hydroxylation is 1. The molecule has 22 heavy (non-hydrogen) atoms. The number of piperidine rings is 1. The number of rotatable bonds is 2. The van der Waals surface area contributed by atoms with Crippen LogP contribution in [-0.2, 0) is 6.42 Å². The van der Waals surface area contributed by atoms with Crippen LogP contribution in [0.5, 0.6) is 5.75 Å². The second-order valence-corrected chi connectivity index (χ2v) is 6.92. The molecule has 4 heteroatoms. The summed E-state index contributed by atoms with van der Waals surface area (Å²) < 4.78 is 6.51. The van der Waals surface area contributed by atoms with Gasteiger partial charge in [0.15, 0.2) is 0 Å². The van der Waals surface area contributed by atoms with Crippen molar-refractivity contribution in [3.05, 3.63) is 23.8 Å². The molecular formula is C18H27N3O. The Morgan fingerprint density at radius 1 is 1.18 bits per heavy atom. The van der Waals surface area contributed by atoms with E-state index in [0.29, 0.717) is 0 Å². The van der Waals surface area contributed by atoms with E-state index in [1.807, 2.05) is 0 Å². The predicted octanol–water partition coefficient (Wildman–Crippen LogP) is 2.58. The largest absolute Gasteiger partial charge is 0.487 e. The fourth-order valence-corrected chi connectivity index (χ4v) is 4.05. The number of benzene rings is 1. The van der Waals surface area contributed by atoms with Crippen LogP contribution < -0.4 is 15.2 Å². The number of nitrogens with zero attached hydrogens (tertiary/aromatic N) is 2. The first-order valence-corrected chi connectivity index (χ1v) is 8.83. The lowest BCUT2D eigenvalue weighted by molar-refractivity contribution is -0.0132. The topological polar surface area (TPSA) is 27.7 Å². The first-order valence-electron chi connectivity index (χ1n) is 8.83.